The Bertz CT molecular complexity index is 1660. The van der Waals surface area contributed by atoms with Crippen molar-refractivity contribution in [1.29, 1.82) is 0 Å². The number of rotatable bonds is 52. The van der Waals surface area contributed by atoms with E-state index in [1.165, 1.54) is 38.5 Å². The minimum absolute atomic E-state index is 0.135. The lowest BCUT2D eigenvalue weighted by Gasteiger charge is -2.21. The molecule has 0 bridgehead atoms. The van der Waals surface area contributed by atoms with Gasteiger partial charge in [-0.05, 0) is 116 Å². The maximum Gasteiger partial charge on any atom is 0.472 e. The molecule has 0 saturated heterocycles. The highest BCUT2D eigenvalue weighted by Gasteiger charge is 2.28. The first-order chi connectivity index (χ1) is 36.2. The Morgan fingerprint density at radius 2 is 0.730 bits per heavy atom. The molecule has 0 aromatic heterocycles. The molecule has 11 nitrogen and oxygen atoms in total. The number of aliphatic hydroxyl groups is 1. The number of esters is 3. The molecule has 0 aromatic rings. The number of unbranched alkanes of at least 4 members (excludes halogenated alkanes) is 17. The fourth-order valence-electron chi connectivity index (χ4n) is 7.26. The zero-order chi connectivity index (χ0) is 54.1. The molecule has 0 aliphatic carbocycles. The van der Waals surface area contributed by atoms with Crippen molar-refractivity contribution in [2.45, 2.75) is 238 Å². The third-order valence-electron chi connectivity index (χ3n) is 11.6. The van der Waals surface area contributed by atoms with Crippen molar-refractivity contribution in [2.24, 2.45) is 0 Å². The molecule has 74 heavy (non-hydrogen) atoms. The molecular formula is C62H103O11P. The van der Waals surface area contributed by atoms with E-state index < -0.39 is 57.8 Å². The quantitative estimate of drug-likeness (QED) is 0.0197. The molecule has 3 unspecified atom stereocenters. The van der Waals surface area contributed by atoms with Crippen molar-refractivity contribution in [3.05, 3.63) is 109 Å². The van der Waals surface area contributed by atoms with Gasteiger partial charge in [0.05, 0.1) is 19.8 Å². The average molecular weight is 1060 g/mol. The first-order valence-electron chi connectivity index (χ1n) is 28.8. The average Bonchev–Trinajstić information content (AvgIpc) is 3.39. The second-order valence-electron chi connectivity index (χ2n) is 18.7. The third kappa shape index (κ3) is 53.0. The lowest BCUT2D eigenvalue weighted by Crippen LogP contribution is -2.30. The molecule has 422 valence electrons. The molecule has 0 radical (unpaired) electrons. The highest BCUT2D eigenvalue weighted by atomic mass is 31.2. The Morgan fingerprint density at radius 3 is 1.18 bits per heavy atom. The van der Waals surface area contributed by atoms with Crippen LogP contribution in [0.25, 0.3) is 0 Å². The normalized spacial score (nSPS) is 14.2. The Balaban J connectivity index is 4.86. The number of hydrogen-bond acceptors (Lipinski definition) is 10. The molecule has 0 aliphatic rings. The monoisotopic (exact) mass is 1050 g/mol. The molecule has 0 heterocycles. The van der Waals surface area contributed by atoms with Gasteiger partial charge >= 0.3 is 25.7 Å². The summed E-state index contributed by atoms with van der Waals surface area (Å²) in [7, 11) is -4.77. The van der Waals surface area contributed by atoms with Gasteiger partial charge in [-0.15, -0.1) is 0 Å². The second-order valence-corrected chi connectivity index (χ2v) is 20.2. The first kappa shape index (κ1) is 70.1. The maximum atomic E-state index is 12.9. The van der Waals surface area contributed by atoms with Crippen LogP contribution in [0, 0.1) is 0 Å². The topological polar surface area (TPSA) is 155 Å². The summed E-state index contributed by atoms with van der Waals surface area (Å²) in [6.07, 6.45) is 66.3. The Labute approximate surface area is 450 Å². The van der Waals surface area contributed by atoms with E-state index in [2.05, 4.69) is 124 Å². The van der Waals surface area contributed by atoms with Crippen LogP contribution in [0.15, 0.2) is 109 Å². The van der Waals surface area contributed by atoms with Crippen molar-refractivity contribution in [3.63, 3.8) is 0 Å². The zero-order valence-electron chi connectivity index (χ0n) is 46.5. The summed E-state index contributed by atoms with van der Waals surface area (Å²) in [6.45, 7) is 4.36. The number of allylic oxidation sites excluding steroid dienone is 18. The van der Waals surface area contributed by atoms with Gasteiger partial charge in [-0.2, -0.15) is 0 Å². The molecule has 0 rings (SSSR count). The minimum atomic E-state index is -4.77. The van der Waals surface area contributed by atoms with Gasteiger partial charge in [0.2, 0.25) is 0 Å². The number of ether oxygens (including phenoxy) is 3. The van der Waals surface area contributed by atoms with Gasteiger partial charge in [-0.25, -0.2) is 4.57 Å². The number of aliphatic hydroxyl groups excluding tert-OH is 1. The number of phosphoric acid groups is 1. The third-order valence-corrected chi connectivity index (χ3v) is 12.6. The number of carbonyl (C=O) groups excluding carboxylic acids is 3. The smallest absolute Gasteiger partial charge is 0.462 e. The lowest BCUT2D eigenvalue weighted by atomic mass is 10.1. The van der Waals surface area contributed by atoms with Crippen molar-refractivity contribution in [1.82, 2.24) is 0 Å². The van der Waals surface area contributed by atoms with Gasteiger partial charge in [-0.3, -0.25) is 23.4 Å². The van der Waals surface area contributed by atoms with Crippen molar-refractivity contribution >= 4 is 25.7 Å². The zero-order valence-corrected chi connectivity index (χ0v) is 47.4. The molecular weight excluding hydrogens is 952 g/mol. The van der Waals surface area contributed by atoms with Crippen molar-refractivity contribution in [2.75, 3.05) is 26.4 Å². The molecule has 0 fully saturated rings. The Hall–Kier alpha value is -3.86. The van der Waals surface area contributed by atoms with Crippen LogP contribution in [-0.4, -0.2) is 66.5 Å². The van der Waals surface area contributed by atoms with E-state index in [0.29, 0.717) is 25.7 Å². The summed E-state index contributed by atoms with van der Waals surface area (Å²) >= 11 is 0. The summed E-state index contributed by atoms with van der Waals surface area (Å²) < 4.78 is 39.4. The van der Waals surface area contributed by atoms with E-state index in [-0.39, 0.29) is 25.9 Å². The molecule has 2 N–H and O–H groups in total. The van der Waals surface area contributed by atoms with Crippen LogP contribution in [0.5, 0.6) is 0 Å². The van der Waals surface area contributed by atoms with Gasteiger partial charge in [0.1, 0.15) is 12.7 Å². The summed E-state index contributed by atoms with van der Waals surface area (Å²) in [5, 5.41) is 9.79. The van der Waals surface area contributed by atoms with Crippen molar-refractivity contribution in [3.8, 4) is 0 Å². The van der Waals surface area contributed by atoms with E-state index >= 15 is 0 Å². The highest BCUT2D eigenvalue weighted by Crippen LogP contribution is 2.43. The summed E-state index contributed by atoms with van der Waals surface area (Å²) in [4.78, 5) is 48.5. The van der Waals surface area contributed by atoms with Crippen LogP contribution in [0.4, 0.5) is 0 Å². The fourth-order valence-corrected chi connectivity index (χ4v) is 8.04. The molecule has 12 heteroatoms. The largest absolute Gasteiger partial charge is 0.472 e. The Kier molecular flexibility index (Phi) is 52.5. The molecule has 0 amide bonds. The SMILES string of the molecule is CC/C=C\C/C=C\C/C=C\C/C=C\C/C=C\CCCC(=O)OCC(COP(=O)(O)OCC(CO)OC(=O)CCCCCCC/C=C\CCCC)OC(=O)CCCCCCCC/C=C\C/C=C\C/C=C\CCCCC. The van der Waals surface area contributed by atoms with Crippen molar-refractivity contribution < 1.29 is 52.2 Å². The van der Waals surface area contributed by atoms with Crippen LogP contribution in [-0.2, 0) is 42.2 Å². The summed E-state index contributed by atoms with van der Waals surface area (Å²) in [6, 6.07) is 0. The van der Waals surface area contributed by atoms with Crippen LogP contribution in [0.1, 0.15) is 226 Å². The number of phosphoric ester groups is 1. The predicted octanol–water partition coefficient (Wildman–Crippen LogP) is 17.0. The standard InChI is InChI=1S/C62H103O11P/c1-4-7-10-13-16-19-22-24-26-28-29-31-33-35-38-41-44-47-50-53-62(66)73-59(55-69-60(64)51-48-45-42-39-37-34-32-30-27-25-23-20-17-14-11-8-5-2)57-71-74(67,68)70-56-58(54-63)72-61(65)52-49-46-43-40-36-21-18-15-12-9-6-3/h8,11,15-20,24-27,29,31-32,34,39,42,58-59,63H,4-7,9-10,12-14,21-23,28,30,33,35-38,40-41,43-57H2,1-3H3,(H,67,68)/b11-8-,18-15-,19-16-,20-17-,26-24-,27-25-,31-29-,34-32-,42-39-. The van der Waals surface area contributed by atoms with Gasteiger partial charge < -0.3 is 24.2 Å². The number of carbonyl (C=O) groups is 3. The molecule has 3 atom stereocenters. The van der Waals surface area contributed by atoms with Crippen LogP contribution >= 0.6 is 7.82 Å². The van der Waals surface area contributed by atoms with E-state index in [0.717, 1.165) is 122 Å². The molecule has 0 aromatic carbocycles. The van der Waals surface area contributed by atoms with Crippen LogP contribution < -0.4 is 0 Å². The van der Waals surface area contributed by atoms with Gasteiger partial charge in [0, 0.05) is 19.3 Å². The molecule has 0 spiro atoms. The molecule has 0 saturated carbocycles. The predicted molar refractivity (Wildman–Crippen MR) is 307 cm³/mol. The fraction of sp³-hybridized carbons (Fsp3) is 0.661. The summed E-state index contributed by atoms with van der Waals surface area (Å²) in [5.74, 6) is -1.57. The van der Waals surface area contributed by atoms with E-state index in [1.54, 1.807) is 0 Å². The van der Waals surface area contributed by atoms with Gasteiger partial charge in [-0.1, -0.05) is 201 Å². The highest BCUT2D eigenvalue weighted by molar-refractivity contribution is 7.47. The van der Waals surface area contributed by atoms with Gasteiger partial charge in [0.15, 0.2) is 6.10 Å². The minimum Gasteiger partial charge on any atom is -0.462 e. The summed E-state index contributed by atoms with van der Waals surface area (Å²) in [5.41, 5.74) is 0. The maximum absolute atomic E-state index is 12.9. The van der Waals surface area contributed by atoms with Gasteiger partial charge in [0.25, 0.3) is 0 Å². The second kappa shape index (κ2) is 55.4. The Morgan fingerprint density at radius 1 is 0.392 bits per heavy atom. The van der Waals surface area contributed by atoms with E-state index in [9.17, 15) is 28.9 Å². The van der Waals surface area contributed by atoms with E-state index in [1.807, 2.05) is 6.08 Å². The van der Waals surface area contributed by atoms with Crippen LogP contribution in [0.2, 0.25) is 0 Å². The van der Waals surface area contributed by atoms with E-state index in [4.69, 9.17) is 23.3 Å². The first-order valence-corrected chi connectivity index (χ1v) is 30.3. The number of hydrogen-bond donors (Lipinski definition) is 2. The molecule has 0 aliphatic heterocycles. The lowest BCUT2D eigenvalue weighted by molar-refractivity contribution is -0.161. The van der Waals surface area contributed by atoms with Crippen LogP contribution in [0.3, 0.4) is 0 Å².